The fraction of sp³-hybridized carbons (Fsp3) is 0.429. The molecule has 1 aliphatic carbocycles. The van der Waals surface area contributed by atoms with E-state index in [0.29, 0.717) is 11.6 Å². The van der Waals surface area contributed by atoms with Crippen LogP contribution in [0, 0.1) is 18.7 Å². The van der Waals surface area contributed by atoms with Crippen molar-refractivity contribution in [3.63, 3.8) is 0 Å². The number of anilines is 1. The Morgan fingerprint density at radius 1 is 1.38 bits per heavy atom. The molecule has 86 valence electrons. The van der Waals surface area contributed by atoms with E-state index in [1.807, 2.05) is 19.1 Å². The first-order chi connectivity index (χ1) is 7.75. The molecule has 2 heteroatoms. The van der Waals surface area contributed by atoms with Gasteiger partial charge in [0.05, 0.1) is 5.69 Å². The summed E-state index contributed by atoms with van der Waals surface area (Å²) in [5, 5.41) is 3.20. The second-order valence-electron chi connectivity index (χ2n) is 4.51. The first-order valence-electron chi connectivity index (χ1n) is 5.91. The standard InChI is InChI=1S/C14H18FN/c1-11-7-8-14(13(15)9-11)16-10-12-5-3-2-4-6-12/h2-3,7-9,12,16H,4-6,10H2,1H3. The number of hydrogen-bond donors (Lipinski definition) is 1. The van der Waals surface area contributed by atoms with Crippen LogP contribution in [0.15, 0.2) is 30.4 Å². The number of allylic oxidation sites excluding steroid dienone is 2. The third kappa shape index (κ3) is 2.84. The Hall–Kier alpha value is -1.31. The summed E-state index contributed by atoms with van der Waals surface area (Å²) in [6.45, 7) is 2.77. The van der Waals surface area contributed by atoms with E-state index in [-0.39, 0.29) is 5.82 Å². The second kappa shape index (κ2) is 5.15. The molecule has 1 aromatic rings. The molecular formula is C14H18FN. The summed E-state index contributed by atoms with van der Waals surface area (Å²) in [5.41, 5.74) is 1.59. The van der Waals surface area contributed by atoms with Gasteiger partial charge < -0.3 is 5.32 Å². The zero-order chi connectivity index (χ0) is 11.4. The van der Waals surface area contributed by atoms with Crippen molar-refractivity contribution < 1.29 is 4.39 Å². The van der Waals surface area contributed by atoms with Gasteiger partial charge in [0.25, 0.3) is 0 Å². The molecule has 0 aromatic heterocycles. The van der Waals surface area contributed by atoms with Crippen LogP contribution in [0.5, 0.6) is 0 Å². The maximum atomic E-state index is 13.5. The van der Waals surface area contributed by atoms with Gasteiger partial charge in [0, 0.05) is 6.54 Å². The van der Waals surface area contributed by atoms with Gasteiger partial charge >= 0.3 is 0 Å². The van der Waals surface area contributed by atoms with Gasteiger partial charge in [-0.3, -0.25) is 0 Å². The summed E-state index contributed by atoms with van der Waals surface area (Å²) in [7, 11) is 0. The predicted molar refractivity (Wildman–Crippen MR) is 66.1 cm³/mol. The molecule has 1 aromatic carbocycles. The number of rotatable bonds is 3. The van der Waals surface area contributed by atoms with Crippen molar-refractivity contribution in [2.75, 3.05) is 11.9 Å². The molecule has 0 saturated heterocycles. The quantitative estimate of drug-likeness (QED) is 0.760. The van der Waals surface area contributed by atoms with Crippen molar-refractivity contribution in [2.24, 2.45) is 5.92 Å². The molecule has 2 rings (SSSR count). The lowest BCUT2D eigenvalue weighted by molar-refractivity contribution is 0.502. The lowest BCUT2D eigenvalue weighted by Gasteiger charge is -2.19. The zero-order valence-electron chi connectivity index (χ0n) is 9.67. The van der Waals surface area contributed by atoms with Crippen LogP contribution in [0.4, 0.5) is 10.1 Å². The number of benzene rings is 1. The zero-order valence-corrected chi connectivity index (χ0v) is 9.67. The Bertz CT molecular complexity index is 384. The van der Waals surface area contributed by atoms with Crippen LogP contribution >= 0.6 is 0 Å². The van der Waals surface area contributed by atoms with Crippen molar-refractivity contribution >= 4 is 5.69 Å². The van der Waals surface area contributed by atoms with E-state index < -0.39 is 0 Å². The smallest absolute Gasteiger partial charge is 0.146 e. The van der Waals surface area contributed by atoms with E-state index >= 15 is 0 Å². The average molecular weight is 219 g/mol. The van der Waals surface area contributed by atoms with Gasteiger partial charge in [0.1, 0.15) is 5.82 Å². The third-order valence-corrected chi connectivity index (χ3v) is 3.08. The topological polar surface area (TPSA) is 12.0 Å². The first kappa shape index (κ1) is 11.2. The van der Waals surface area contributed by atoms with Crippen molar-refractivity contribution in [3.8, 4) is 0 Å². The molecule has 16 heavy (non-hydrogen) atoms. The third-order valence-electron chi connectivity index (χ3n) is 3.08. The number of halogens is 1. The second-order valence-corrected chi connectivity index (χ2v) is 4.51. The van der Waals surface area contributed by atoms with Gasteiger partial charge in [-0.05, 0) is 49.8 Å². The number of hydrogen-bond acceptors (Lipinski definition) is 1. The van der Waals surface area contributed by atoms with Crippen molar-refractivity contribution in [1.82, 2.24) is 0 Å². The minimum Gasteiger partial charge on any atom is -0.382 e. The molecule has 0 amide bonds. The van der Waals surface area contributed by atoms with Gasteiger partial charge in [0.2, 0.25) is 0 Å². The van der Waals surface area contributed by atoms with E-state index in [1.165, 1.54) is 6.42 Å². The SMILES string of the molecule is Cc1ccc(NCC2CC=CCC2)c(F)c1. The van der Waals surface area contributed by atoms with Crippen LogP contribution in [0.1, 0.15) is 24.8 Å². The molecular weight excluding hydrogens is 201 g/mol. The van der Waals surface area contributed by atoms with Gasteiger partial charge in [-0.15, -0.1) is 0 Å². The van der Waals surface area contributed by atoms with E-state index in [1.54, 1.807) is 6.07 Å². The lowest BCUT2D eigenvalue weighted by Crippen LogP contribution is -2.15. The summed E-state index contributed by atoms with van der Waals surface area (Å²) < 4.78 is 13.5. The summed E-state index contributed by atoms with van der Waals surface area (Å²) >= 11 is 0. The molecule has 1 unspecified atom stereocenters. The minimum absolute atomic E-state index is 0.147. The highest BCUT2D eigenvalue weighted by molar-refractivity contribution is 5.46. The summed E-state index contributed by atoms with van der Waals surface area (Å²) in [5.74, 6) is 0.497. The van der Waals surface area contributed by atoms with Crippen LogP contribution < -0.4 is 5.32 Å². The summed E-state index contributed by atoms with van der Waals surface area (Å²) in [6, 6.07) is 5.33. The van der Waals surface area contributed by atoms with Crippen LogP contribution in [-0.4, -0.2) is 6.54 Å². The van der Waals surface area contributed by atoms with Crippen LogP contribution in [0.25, 0.3) is 0 Å². The highest BCUT2D eigenvalue weighted by Gasteiger charge is 2.10. The van der Waals surface area contributed by atoms with Gasteiger partial charge in [-0.25, -0.2) is 4.39 Å². The molecule has 1 aliphatic rings. The van der Waals surface area contributed by atoms with Crippen LogP contribution in [0.2, 0.25) is 0 Å². The van der Waals surface area contributed by atoms with E-state index in [4.69, 9.17) is 0 Å². The fourth-order valence-corrected chi connectivity index (χ4v) is 2.06. The Balaban J connectivity index is 1.91. The van der Waals surface area contributed by atoms with Crippen molar-refractivity contribution in [3.05, 3.63) is 41.7 Å². The highest BCUT2D eigenvalue weighted by atomic mass is 19.1. The lowest BCUT2D eigenvalue weighted by atomic mass is 9.94. The monoisotopic (exact) mass is 219 g/mol. The van der Waals surface area contributed by atoms with Gasteiger partial charge in [-0.2, -0.15) is 0 Å². The largest absolute Gasteiger partial charge is 0.382 e. The van der Waals surface area contributed by atoms with E-state index in [0.717, 1.165) is 24.9 Å². The van der Waals surface area contributed by atoms with Crippen LogP contribution in [-0.2, 0) is 0 Å². The predicted octanol–water partition coefficient (Wildman–Crippen LogP) is 3.90. The van der Waals surface area contributed by atoms with Gasteiger partial charge in [-0.1, -0.05) is 18.2 Å². The van der Waals surface area contributed by atoms with Crippen molar-refractivity contribution in [1.29, 1.82) is 0 Å². The summed E-state index contributed by atoms with van der Waals surface area (Å²) in [6.07, 6.45) is 7.92. The maximum Gasteiger partial charge on any atom is 0.146 e. The molecule has 0 aliphatic heterocycles. The molecule has 1 atom stereocenters. The fourth-order valence-electron chi connectivity index (χ4n) is 2.06. The molecule has 1 N–H and O–H groups in total. The number of nitrogens with one attached hydrogen (secondary N) is 1. The van der Waals surface area contributed by atoms with Gasteiger partial charge in [0.15, 0.2) is 0 Å². The Labute approximate surface area is 96.4 Å². The summed E-state index contributed by atoms with van der Waals surface area (Å²) in [4.78, 5) is 0. The van der Waals surface area contributed by atoms with E-state index in [2.05, 4.69) is 17.5 Å². The molecule has 0 heterocycles. The minimum atomic E-state index is -0.147. The van der Waals surface area contributed by atoms with E-state index in [9.17, 15) is 4.39 Å². The Morgan fingerprint density at radius 2 is 2.25 bits per heavy atom. The average Bonchev–Trinajstić information content (AvgIpc) is 2.29. The van der Waals surface area contributed by atoms with Crippen LogP contribution in [0.3, 0.4) is 0 Å². The number of aryl methyl sites for hydroxylation is 1. The normalized spacial score (nSPS) is 19.8. The Kier molecular flexibility index (Phi) is 3.60. The molecule has 0 radical (unpaired) electrons. The van der Waals surface area contributed by atoms with Crippen molar-refractivity contribution in [2.45, 2.75) is 26.2 Å². The molecule has 0 spiro atoms. The molecule has 1 nitrogen and oxygen atoms in total. The molecule has 0 fully saturated rings. The Morgan fingerprint density at radius 3 is 2.94 bits per heavy atom. The maximum absolute atomic E-state index is 13.5. The first-order valence-corrected chi connectivity index (χ1v) is 5.91. The molecule has 0 bridgehead atoms. The highest BCUT2D eigenvalue weighted by Crippen LogP contribution is 2.20. The molecule has 0 saturated carbocycles.